The van der Waals surface area contributed by atoms with Crippen LogP contribution in [0, 0.1) is 0 Å². The highest BCUT2D eigenvalue weighted by molar-refractivity contribution is 5.31. The third-order valence-electron chi connectivity index (χ3n) is 2.44. The number of likely N-dealkylation sites (N-methyl/N-ethyl adjacent to an activating group) is 1. The van der Waals surface area contributed by atoms with Crippen molar-refractivity contribution in [3.05, 3.63) is 23.9 Å². The maximum atomic E-state index is 5.61. The zero-order valence-electron chi connectivity index (χ0n) is 9.60. The van der Waals surface area contributed by atoms with Crippen molar-refractivity contribution in [2.45, 2.75) is 19.5 Å². The van der Waals surface area contributed by atoms with Crippen LogP contribution in [0.3, 0.4) is 0 Å². The number of anilines is 1. The number of methoxy groups -OCH3 is 1. The number of nitrogens with two attached hydrogens (primary N) is 1. The van der Waals surface area contributed by atoms with E-state index in [0.717, 1.165) is 13.2 Å². The molecular formula is C11H19N3O. The normalized spacial score (nSPS) is 13.1. The molecule has 0 bridgehead atoms. The fourth-order valence-corrected chi connectivity index (χ4v) is 1.41. The second-order valence-corrected chi connectivity index (χ2v) is 3.81. The van der Waals surface area contributed by atoms with Crippen molar-refractivity contribution in [2.75, 3.05) is 26.5 Å². The van der Waals surface area contributed by atoms with E-state index in [1.807, 2.05) is 12.1 Å². The summed E-state index contributed by atoms with van der Waals surface area (Å²) in [6.07, 6.45) is 1.74. The Balaban J connectivity index is 2.54. The van der Waals surface area contributed by atoms with Crippen molar-refractivity contribution in [2.24, 2.45) is 0 Å². The van der Waals surface area contributed by atoms with Crippen molar-refractivity contribution in [1.29, 1.82) is 0 Å². The van der Waals surface area contributed by atoms with E-state index < -0.39 is 0 Å². The van der Waals surface area contributed by atoms with Crippen LogP contribution >= 0.6 is 0 Å². The molecule has 0 aliphatic rings. The van der Waals surface area contributed by atoms with E-state index >= 15 is 0 Å². The summed E-state index contributed by atoms with van der Waals surface area (Å²) in [5, 5.41) is 0. The Bertz CT molecular complexity index is 304. The van der Waals surface area contributed by atoms with Gasteiger partial charge in [0.25, 0.3) is 0 Å². The van der Waals surface area contributed by atoms with Gasteiger partial charge in [-0.3, -0.25) is 4.90 Å². The highest BCUT2D eigenvalue weighted by Crippen LogP contribution is 2.08. The van der Waals surface area contributed by atoms with Crippen LogP contribution in [0.2, 0.25) is 0 Å². The number of rotatable bonds is 5. The maximum absolute atomic E-state index is 5.61. The number of nitrogen functional groups attached to an aromatic ring is 1. The minimum atomic E-state index is 0.393. The molecule has 1 unspecified atom stereocenters. The van der Waals surface area contributed by atoms with Gasteiger partial charge in [0.1, 0.15) is 5.82 Å². The Labute approximate surface area is 91.1 Å². The molecule has 1 rings (SSSR count). The average molecular weight is 209 g/mol. The number of nitrogens with zero attached hydrogens (tertiary/aromatic N) is 2. The average Bonchev–Trinajstić information content (AvgIpc) is 2.18. The summed E-state index contributed by atoms with van der Waals surface area (Å²) in [5.74, 6) is 0.570. The van der Waals surface area contributed by atoms with E-state index in [-0.39, 0.29) is 0 Å². The zero-order chi connectivity index (χ0) is 11.3. The van der Waals surface area contributed by atoms with Gasteiger partial charge >= 0.3 is 0 Å². The first-order valence-corrected chi connectivity index (χ1v) is 5.03. The molecule has 84 valence electrons. The lowest BCUT2D eigenvalue weighted by molar-refractivity contribution is 0.112. The summed E-state index contributed by atoms with van der Waals surface area (Å²) in [7, 11) is 3.79. The molecule has 0 aromatic carbocycles. The lowest BCUT2D eigenvalue weighted by Crippen LogP contribution is -2.32. The number of aromatic nitrogens is 1. The molecule has 1 aromatic heterocycles. The van der Waals surface area contributed by atoms with Crippen molar-refractivity contribution < 1.29 is 4.74 Å². The predicted octanol–water partition coefficient (Wildman–Crippen LogP) is 1.13. The van der Waals surface area contributed by atoms with Crippen molar-refractivity contribution in [3.8, 4) is 0 Å². The van der Waals surface area contributed by atoms with Gasteiger partial charge in [0.05, 0.1) is 6.61 Å². The van der Waals surface area contributed by atoms with E-state index in [0.29, 0.717) is 11.9 Å². The van der Waals surface area contributed by atoms with Crippen molar-refractivity contribution in [3.63, 3.8) is 0 Å². The molecule has 0 radical (unpaired) electrons. The standard InChI is InChI=1S/C11H19N3O/c1-9(8-15-3)14(2)7-10-4-5-13-11(12)6-10/h4-6,9H,7-8H2,1-3H3,(H2,12,13). The van der Waals surface area contributed by atoms with Crippen LogP contribution < -0.4 is 5.73 Å². The van der Waals surface area contributed by atoms with Crippen molar-refractivity contribution >= 4 is 5.82 Å². The molecule has 0 saturated carbocycles. The van der Waals surface area contributed by atoms with Crippen LogP contribution in [0.5, 0.6) is 0 Å². The fourth-order valence-electron chi connectivity index (χ4n) is 1.41. The van der Waals surface area contributed by atoms with E-state index in [9.17, 15) is 0 Å². The summed E-state index contributed by atoms with van der Waals surface area (Å²) in [6, 6.07) is 4.27. The first kappa shape index (κ1) is 11.9. The number of hydrogen-bond acceptors (Lipinski definition) is 4. The topological polar surface area (TPSA) is 51.4 Å². The third kappa shape index (κ3) is 3.85. The molecule has 0 amide bonds. The Kier molecular flexibility index (Phi) is 4.52. The van der Waals surface area contributed by atoms with E-state index in [1.54, 1.807) is 13.3 Å². The molecule has 4 heteroatoms. The Hall–Kier alpha value is -1.13. The lowest BCUT2D eigenvalue weighted by atomic mass is 10.2. The molecule has 4 nitrogen and oxygen atoms in total. The predicted molar refractivity (Wildman–Crippen MR) is 61.5 cm³/mol. The monoisotopic (exact) mass is 209 g/mol. The Morgan fingerprint density at radius 1 is 1.60 bits per heavy atom. The summed E-state index contributed by atoms with van der Waals surface area (Å²) in [5.41, 5.74) is 6.79. The molecule has 1 aromatic rings. The second kappa shape index (κ2) is 5.68. The summed E-state index contributed by atoms with van der Waals surface area (Å²) >= 11 is 0. The summed E-state index contributed by atoms with van der Waals surface area (Å²) in [4.78, 5) is 6.18. The summed E-state index contributed by atoms with van der Waals surface area (Å²) in [6.45, 7) is 3.72. The Morgan fingerprint density at radius 2 is 2.33 bits per heavy atom. The van der Waals surface area contributed by atoms with Gasteiger partial charge in [-0.05, 0) is 31.7 Å². The lowest BCUT2D eigenvalue weighted by Gasteiger charge is -2.23. The molecular weight excluding hydrogens is 190 g/mol. The van der Waals surface area contributed by atoms with Gasteiger partial charge in [0, 0.05) is 25.9 Å². The highest BCUT2D eigenvalue weighted by atomic mass is 16.5. The van der Waals surface area contributed by atoms with Crippen LogP contribution in [0.4, 0.5) is 5.82 Å². The van der Waals surface area contributed by atoms with E-state index in [1.165, 1.54) is 5.56 Å². The van der Waals surface area contributed by atoms with Crippen LogP contribution in [-0.4, -0.2) is 36.7 Å². The minimum absolute atomic E-state index is 0.393. The number of ether oxygens (including phenoxy) is 1. The minimum Gasteiger partial charge on any atom is -0.384 e. The largest absolute Gasteiger partial charge is 0.384 e. The quantitative estimate of drug-likeness (QED) is 0.790. The first-order valence-electron chi connectivity index (χ1n) is 5.03. The van der Waals surface area contributed by atoms with E-state index in [4.69, 9.17) is 10.5 Å². The summed E-state index contributed by atoms with van der Waals surface area (Å²) < 4.78 is 5.11. The molecule has 15 heavy (non-hydrogen) atoms. The van der Waals surface area contributed by atoms with Gasteiger partial charge < -0.3 is 10.5 Å². The van der Waals surface area contributed by atoms with Crippen LogP contribution in [-0.2, 0) is 11.3 Å². The SMILES string of the molecule is COCC(C)N(C)Cc1ccnc(N)c1. The first-order chi connectivity index (χ1) is 7.13. The molecule has 2 N–H and O–H groups in total. The molecule has 0 fully saturated rings. The third-order valence-corrected chi connectivity index (χ3v) is 2.44. The zero-order valence-corrected chi connectivity index (χ0v) is 9.60. The van der Waals surface area contributed by atoms with E-state index in [2.05, 4.69) is 23.9 Å². The highest BCUT2D eigenvalue weighted by Gasteiger charge is 2.09. The second-order valence-electron chi connectivity index (χ2n) is 3.81. The molecule has 0 spiro atoms. The Morgan fingerprint density at radius 3 is 2.93 bits per heavy atom. The van der Waals surface area contributed by atoms with Gasteiger partial charge in [0.2, 0.25) is 0 Å². The molecule has 0 saturated heterocycles. The van der Waals surface area contributed by atoms with Crippen molar-refractivity contribution in [1.82, 2.24) is 9.88 Å². The molecule has 1 heterocycles. The molecule has 1 atom stereocenters. The van der Waals surface area contributed by atoms with Gasteiger partial charge in [-0.1, -0.05) is 0 Å². The smallest absolute Gasteiger partial charge is 0.123 e. The van der Waals surface area contributed by atoms with Gasteiger partial charge in [0.15, 0.2) is 0 Å². The molecule has 0 aliphatic heterocycles. The van der Waals surface area contributed by atoms with Gasteiger partial charge in [-0.25, -0.2) is 4.98 Å². The molecule has 0 aliphatic carbocycles. The number of pyridine rings is 1. The van der Waals surface area contributed by atoms with Crippen LogP contribution in [0.1, 0.15) is 12.5 Å². The number of hydrogen-bond donors (Lipinski definition) is 1. The van der Waals surface area contributed by atoms with Crippen LogP contribution in [0.25, 0.3) is 0 Å². The van der Waals surface area contributed by atoms with Gasteiger partial charge in [-0.2, -0.15) is 0 Å². The van der Waals surface area contributed by atoms with Crippen LogP contribution in [0.15, 0.2) is 18.3 Å². The van der Waals surface area contributed by atoms with Gasteiger partial charge in [-0.15, -0.1) is 0 Å². The fraction of sp³-hybridized carbons (Fsp3) is 0.545. The maximum Gasteiger partial charge on any atom is 0.123 e.